The molecule has 0 unspecified atom stereocenters. The van der Waals surface area contributed by atoms with Gasteiger partial charge in [0.25, 0.3) is 0 Å². The number of ketones is 1. The van der Waals surface area contributed by atoms with Crippen LogP contribution in [0, 0.1) is 6.07 Å². The molecule has 6 heteroatoms. The number of rotatable bonds is 5. The summed E-state index contributed by atoms with van der Waals surface area (Å²) in [6, 6.07) is 25.5. The molecule has 0 saturated heterocycles. The molecular formula is C28H26NO4Pt-. The molecule has 34 heavy (non-hydrogen) atoms. The maximum Gasteiger partial charge on any atom is 0.155 e. The molecule has 1 heterocycles. The van der Waals surface area contributed by atoms with Crippen molar-refractivity contribution in [2.45, 2.75) is 20.5 Å². The monoisotopic (exact) mass is 635 g/mol. The largest absolute Gasteiger partial charge is 0.540 e. The molecule has 0 amide bonds. The Kier molecular flexibility index (Phi) is 10.2. The number of aliphatic hydroxyl groups is 2. The Morgan fingerprint density at radius 2 is 1.82 bits per heavy atom. The van der Waals surface area contributed by atoms with Crippen molar-refractivity contribution < 1.29 is 40.8 Å². The molecule has 0 spiro atoms. The van der Waals surface area contributed by atoms with Gasteiger partial charge in [-0.25, -0.2) is 0 Å². The number of hydrogen-bond donors (Lipinski definition) is 2. The third kappa shape index (κ3) is 6.86. The second-order valence-corrected chi connectivity index (χ2v) is 7.45. The fraction of sp³-hybridized carbons (Fsp3) is 0.143. The van der Waals surface area contributed by atoms with Gasteiger partial charge in [0, 0.05) is 45.7 Å². The van der Waals surface area contributed by atoms with Gasteiger partial charge in [-0.05, 0) is 47.5 Å². The van der Waals surface area contributed by atoms with Crippen LogP contribution in [0.1, 0.15) is 19.4 Å². The van der Waals surface area contributed by atoms with Crippen molar-refractivity contribution >= 4 is 16.6 Å². The number of allylic oxidation sites excluding steroid dienone is 2. The van der Waals surface area contributed by atoms with E-state index in [0.29, 0.717) is 5.75 Å². The Hall–Kier alpha value is -3.27. The first-order valence-electron chi connectivity index (χ1n) is 10.4. The summed E-state index contributed by atoms with van der Waals surface area (Å²) in [6.07, 6.45) is 2.96. The SMILES string of the molecule is CC(=O)/C=C(/C)O.COc1c[c-]c(-c2cc(-c3cccc4ccccc34)ccn2)c(CO)c1.[Pt]. The zero-order valence-corrected chi connectivity index (χ0v) is 21.5. The molecule has 0 aliphatic heterocycles. The van der Waals surface area contributed by atoms with Gasteiger partial charge < -0.3 is 19.9 Å². The molecular weight excluding hydrogens is 609 g/mol. The van der Waals surface area contributed by atoms with Gasteiger partial charge in [-0.15, -0.1) is 17.7 Å². The molecule has 0 bridgehead atoms. The van der Waals surface area contributed by atoms with E-state index >= 15 is 0 Å². The van der Waals surface area contributed by atoms with E-state index < -0.39 is 0 Å². The van der Waals surface area contributed by atoms with Crippen molar-refractivity contribution in [1.82, 2.24) is 4.98 Å². The number of carbonyl (C=O) groups is 1. The number of benzene rings is 3. The fourth-order valence-corrected chi connectivity index (χ4v) is 3.51. The second kappa shape index (κ2) is 12.8. The molecule has 0 aliphatic rings. The number of methoxy groups -OCH3 is 1. The van der Waals surface area contributed by atoms with Crippen molar-refractivity contribution in [3.63, 3.8) is 0 Å². The number of nitrogens with zero attached hydrogens (tertiary/aromatic N) is 1. The van der Waals surface area contributed by atoms with Gasteiger partial charge >= 0.3 is 0 Å². The molecule has 5 nitrogen and oxygen atoms in total. The van der Waals surface area contributed by atoms with Crippen molar-refractivity contribution in [2.75, 3.05) is 7.11 Å². The summed E-state index contributed by atoms with van der Waals surface area (Å²) in [5, 5.41) is 20.5. The first kappa shape index (κ1) is 27.0. The summed E-state index contributed by atoms with van der Waals surface area (Å²) in [5.41, 5.74) is 4.55. The summed E-state index contributed by atoms with van der Waals surface area (Å²) in [4.78, 5) is 14.5. The third-order valence-corrected chi connectivity index (χ3v) is 4.93. The van der Waals surface area contributed by atoms with Crippen molar-refractivity contribution in [3.05, 3.63) is 96.4 Å². The number of aromatic nitrogens is 1. The van der Waals surface area contributed by atoms with Crippen LogP contribution in [-0.2, 0) is 32.5 Å². The fourth-order valence-electron chi connectivity index (χ4n) is 3.51. The van der Waals surface area contributed by atoms with Gasteiger partial charge in [0.15, 0.2) is 5.78 Å². The van der Waals surface area contributed by atoms with E-state index in [-0.39, 0.29) is 39.2 Å². The Morgan fingerprint density at radius 1 is 1.09 bits per heavy atom. The van der Waals surface area contributed by atoms with Gasteiger partial charge in [-0.1, -0.05) is 60.2 Å². The van der Waals surface area contributed by atoms with E-state index in [1.165, 1.54) is 30.7 Å². The van der Waals surface area contributed by atoms with Crippen LogP contribution >= 0.6 is 0 Å². The molecule has 1 aromatic heterocycles. The van der Waals surface area contributed by atoms with Crippen LogP contribution in [0.25, 0.3) is 33.2 Å². The molecule has 0 radical (unpaired) electrons. The predicted octanol–water partition coefficient (Wildman–Crippen LogP) is 5.90. The first-order chi connectivity index (χ1) is 15.9. The zero-order chi connectivity index (χ0) is 23.8. The summed E-state index contributed by atoms with van der Waals surface area (Å²) in [7, 11) is 1.60. The standard InChI is InChI=1S/C23H18NO2.C5H8O2.Pt/c1-26-19-9-10-22(18(13-19)15-25)23-14-17(11-12-24-23)21-8-4-6-16-5-2-3-7-20(16)21;1-4(6)3-5(2)7;/h2-9,11-14,25H,15H2,1H3;3,6H,1-2H3;/q-1;;/b;4-3-;. The van der Waals surface area contributed by atoms with Crippen LogP contribution in [0.4, 0.5) is 0 Å². The maximum absolute atomic E-state index is 10.0. The summed E-state index contributed by atoms with van der Waals surface area (Å²) >= 11 is 0. The van der Waals surface area contributed by atoms with E-state index in [4.69, 9.17) is 9.84 Å². The molecule has 0 atom stereocenters. The van der Waals surface area contributed by atoms with Gasteiger partial charge in [0.05, 0.1) is 12.9 Å². The summed E-state index contributed by atoms with van der Waals surface area (Å²) in [6.45, 7) is 2.75. The van der Waals surface area contributed by atoms with Gasteiger partial charge in [-0.3, -0.25) is 4.79 Å². The molecule has 3 aromatic carbocycles. The van der Waals surface area contributed by atoms with E-state index in [1.54, 1.807) is 19.4 Å². The van der Waals surface area contributed by atoms with Crippen LogP contribution in [0.2, 0.25) is 0 Å². The maximum atomic E-state index is 10.0. The number of fused-ring (bicyclic) bond motifs is 1. The minimum atomic E-state index is -0.125. The number of ether oxygens (including phenoxy) is 1. The quantitative estimate of drug-likeness (QED) is 0.162. The Labute approximate surface area is 214 Å². The van der Waals surface area contributed by atoms with Gasteiger partial charge in [-0.2, -0.15) is 0 Å². The van der Waals surface area contributed by atoms with E-state index in [0.717, 1.165) is 27.9 Å². The molecule has 2 N–H and O–H groups in total. The topological polar surface area (TPSA) is 79.7 Å². The molecule has 0 fully saturated rings. The molecule has 4 rings (SSSR count). The number of hydrogen-bond acceptors (Lipinski definition) is 5. The smallest absolute Gasteiger partial charge is 0.155 e. The van der Waals surface area contributed by atoms with Crippen LogP contribution in [0.3, 0.4) is 0 Å². The van der Waals surface area contributed by atoms with E-state index in [9.17, 15) is 9.90 Å². The number of pyridine rings is 1. The second-order valence-electron chi connectivity index (χ2n) is 7.45. The van der Waals surface area contributed by atoms with Crippen LogP contribution in [0.15, 0.2) is 84.8 Å². The Balaban J connectivity index is 0.000000449. The predicted molar refractivity (Wildman–Crippen MR) is 131 cm³/mol. The van der Waals surface area contributed by atoms with Gasteiger partial charge in [0.2, 0.25) is 0 Å². The van der Waals surface area contributed by atoms with Crippen LogP contribution < -0.4 is 4.74 Å². The minimum Gasteiger partial charge on any atom is -0.540 e. The summed E-state index contributed by atoms with van der Waals surface area (Å²) in [5.74, 6) is 0.607. The average Bonchev–Trinajstić information content (AvgIpc) is 2.83. The van der Waals surface area contributed by atoms with Crippen molar-refractivity contribution in [1.29, 1.82) is 0 Å². The van der Waals surface area contributed by atoms with Crippen molar-refractivity contribution in [2.24, 2.45) is 0 Å². The van der Waals surface area contributed by atoms with Crippen LogP contribution in [-0.4, -0.2) is 28.1 Å². The first-order valence-corrected chi connectivity index (χ1v) is 10.4. The third-order valence-electron chi connectivity index (χ3n) is 4.93. The number of carbonyl (C=O) groups excluding carboxylic acids is 1. The van der Waals surface area contributed by atoms with E-state index in [1.807, 2.05) is 24.3 Å². The molecule has 178 valence electrons. The molecule has 0 saturated carbocycles. The minimum absolute atomic E-state index is 0. The van der Waals surface area contributed by atoms with Crippen LogP contribution in [0.5, 0.6) is 5.75 Å². The zero-order valence-electron chi connectivity index (χ0n) is 19.2. The Bertz CT molecular complexity index is 1290. The number of aliphatic hydroxyl groups excluding tert-OH is 2. The average molecular weight is 636 g/mol. The van der Waals surface area contributed by atoms with Crippen molar-refractivity contribution in [3.8, 4) is 28.1 Å². The summed E-state index contributed by atoms with van der Waals surface area (Å²) < 4.78 is 5.23. The molecule has 0 aliphatic carbocycles. The van der Waals surface area contributed by atoms with E-state index in [2.05, 4.69) is 47.4 Å². The molecule has 4 aromatic rings. The normalized spacial score (nSPS) is 10.6. The van der Waals surface area contributed by atoms with Gasteiger partial charge in [0.1, 0.15) is 0 Å². The Morgan fingerprint density at radius 3 is 2.47 bits per heavy atom.